The van der Waals surface area contributed by atoms with Crippen molar-refractivity contribution in [3.63, 3.8) is 0 Å². The Balaban J connectivity index is 1.99. The third kappa shape index (κ3) is 3.64. The van der Waals surface area contributed by atoms with Crippen LogP contribution in [0.1, 0.15) is 43.7 Å². The van der Waals surface area contributed by atoms with Gasteiger partial charge in [-0.1, -0.05) is 12.1 Å². The lowest BCUT2D eigenvalue weighted by Gasteiger charge is -2.35. The lowest BCUT2D eigenvalue weighted by atomic mass is 9.91. The van der Waals surface area contributed by atoms with Crippen LogP contribution in [0.2, 0.25) is 0 Å². The fourth-order valence-electron chi connectivity index (χ4n) is 3.10. The zero-order chi connectivity index (χ0) is 15.6. The predicted molar refractivity (Wildman–Crippen MR) is 79.8 cm³/mol. The molecule has 1 saturated heterocycles. The van der Waals surface area contributed by atoms with Gasteiger partial charge in [0.25, 0.3) is 0 Å². The maximum Gasteiger partial charge on any atom is 0.225 e. The zero-order valence-corrected chi connectivity index (χ0v) is 13.4. The van der Waals surface area contributed by atoms with Crippen molar-refractivity contribution in [2.75, 3.05) is 13.1 Å². The van der Waals surface area contributed by atoms with Crippen molar-refractivity contribution in [2.24, 2.45) is 11.8 Å². The molecule has 0 aromatic carbocycles. The molecule has 0 radical (unpaired) electrons. The molecular formula is C16H26N2O3. The quantitative estimate of drug-likeness (QED) is 0.923. The second-order valence-electron chi connectivity index (χ2n) is 6.34. The van der Waals surface area contributed by atoms with Crippen molar-refractivity contribution in [1.29, 1.82) is 0 Å². The van der Waals surface area contributed by atoms with Crippen molar-refractivity contribution in [3.8, 4) is 0 Å². The highest BCUT2D eigenvalue weighted by molar-refractivity contribution is 5.79. The van der Waals surface area contributed by atoms with Gasteiger partial charge in [0, 0.05) is 30.5 Å². The SMILES string of the molecule is Cc1noc(C)c1CC(C)C(=O)N1CCCC(C(C)O)C1. The first-order chi connectivity index (χ1) is 9.90. The van der Waals surface area contributed by atoms with Crippen LogP contribution in [0.3, 0.4) is 0 Å². The molecule has 0 aliphatic carbocycles. The molecular weight excluding hydrogens is 268 g/mol. The molecule has 0 spiro atoms. The Hall–Kier alpha value is -1.36. The summed E-state index contributed by atoms with van der Waals surface area (Å²) in [5.74, 6) is 1.08. The van der Waals surface area contributed by atoms with Crippen molar-refractivity contribution in [2.45, 2.75) is 53.1 Å². The fraction of sp³-hybridized carbons (Fsp3) is 0.750. The number of aliphatic hydroxyl groups excluding tert-OH is 1. The molecule has 1 aliphatic heterocycles. The van der Waals surface area contributed by atoms with Gasteiger partial charge in [0.2, 0.25) is 5.91 Å². The summed E-state index contributed by atoms with van der Waals surface area (Å²) in [6, 6.07) is 0. The van der Waals surface area contributed by atoms with E-state index < -0.39 is 0 Å². The van der Waals surface area contributed by atoms with Crippen molar-refractivity contribution < 1.29 is 14.4 Å². The summed E-state index contributed by atoms with van der Waals surface area (Å²) < 4.78 is 5.16. The van der Waals surface area contributed by atoms with E-state index in [0.717, 1.165) is 36.4 Å². The molecule has 21 heavy (non-hydrogen) atoms. The number of hydrogen-bond acceptors (Lipinski definition) is 4. The van der Waals surface area contributed by atoms with Gasteiger partial charge in [-0.2, -0.15) is 0 Å². The van der Waals surface area contributed by atoms with Gasteiger partial charge in [0.15, 0.2) is 0 Å². The highest BCUT2D eigenvalue weighted by atomic mass is 16.5. The van der Waals surface area contributed by atoms with Gasteiger partial charge in [-0.15, -0.1) is 0 Å². The highest BCUT2D eigenvalue weighted by Crippen LogP contribution is 2.23. The Morgan fingerprint density at radius 1 is 1.48 bits per heavy atom. The zero-order valence-electron chi connectivity index (χ0n) is 13.4. The molecule has 1 amide bonds. The van der Waals surface area contributed by atoms with Crippen molar-refractivity contribution >= 4 is 5.91 Å². The first-order valence-corrected chi connectivity index (χ1v) is 7.78. The Labute approximate surface area is 126 Å². The third-order valence-corrected chi connectivity index (χ3v) is 4.56. The van der Waals surface area contributed by atoms with Gasteiger partial charge < -0.3 is 14.5 Å². The average molecular weight is 294 g/mol. The van der Waals surface area contributed by atoms with Gasteiger partial charge >= 0.3 is 0 Å². The lowest BCUT2D eigenvalue weighted by molar-refractivity contribution is -0.137. The van der Waals surface area contributed by atoms with Crippen LogP contribution in [0.25, 0.3) is 0 Å². The van der Waals surface area contributed by atoms with Crippen molar-refractivity contribution in [1.82, 2.24) is 10.1 Å². The standard InChI is InChI=1S/C16H26N2O3/c1-10(8-15-11(2)17-21-13(15)4)16(20)18-7-5-6-14(9-18)12(3)19/h10,12,14,19H,5-9H2,1-4H3. The van der Waals surface area contributed by atoms with Crippen LogP contribution >= 0.6 is 0 Å². The first kappa shape index (κ1) is 16.0. The predicted octanol–water partition coefficient (Wildman–Crippen LogP) is 2.09. The van der Waals surface area contributed by atoms with Gasteiger partial charge in [-0.25, -0.2) is 0 Å². The van der Waals surface area contributed by atoms with E-state index in [2.05, 4.69) is 5.16 Å². The van der Waals surface area contributed by atoms with Crippen LogP contribution in [-0.4, -0.2) is 40.3 Å². The largest absolute Gasteiger partial charge is 0.393 e. The van der Waals surface area contributed by atoms with Gasteiger partial charge in [-0.3, -0.25) is 4.79 Å². The lowest BCUT2D eigenvalue weighted by Crippen LogP contribution is -2.45. The van der Waals surface area contributed by atoms with Crippen LogP contribution in [-0.2, 0) is 11.2 Å². The molecule has 5 heteroatoms. The van der Waals surface area contributed by atoms with E-state index in [9.17, 15) is 9.90 Å². The fourth-order valence-corrected chi connectivity index (χ4v) is 3.10. The molecule has 118 valence electrons. The number of aromatic nitrogens is 1. The van der Waals surface area contributed by atoms with E-state index in [1.807, 2.05) is 32.6 Å². The van der Waals surface area contributed by atoms with Gasteiger partial charge in [0.1, 0.15) is 5.76 Å². The summed E-state index contributed by atoms with van der Waals surface area (Å²) >= 11 is 0. The number of aliphatic hydroxyl groups is 1. The number of carbonyl (C=O) groups is 1. The first-order valence-electron chi connectivity index (χ1n) is 7.78. The Morgan fingerprint density at radius 3 is 2.76 bits per heavy atom. The molecule has 1 N–H and O–H groups in total. The molecule has 2 rings (SSSR count). The van der Waals surface area contributed by atoms with Gasteiger partial charge in [0.05, 0.1) is 11.8 Å². The Bertz CT molecular complexity index is 476. The minimum atomic E-state index is -0.349. The summed E-state index contributed by atoms with van der Waals surface area (Å²) in [5, 5.41) is 13.7. The average Bonchev–Trinajstić information content (AvgIpc) is 2.78. The van der Waals surface area contributed by atoms with E-state index in [0.29, 0.717) is 13.0 Å². The molecule has 1 aromatic heterocycles. The minimum absolute atomic E-state index is 0.0884. The summed E-state index contributed by atoms with van der Waals surface area (Å²) in [7, 11) is 0. The van der Waals surface area contributed by atoms with Crippen LogP contribution in [0.5, 0.6) is 0 Å². The summed E-state index contributed by atoms with van der Waals surface area (Å²) in [6.45, 7) is 9.03. The molecule has 0 bridgehead atoms. The molecule has 5 nitrogen and oxygen atoms in total. The van der Waals surface area contributed by atoms with Crippen LogP contribution in [0.15, 0.2) is 4.52 Å². The number of nitrogens with zero attached hydrogens (tertiary/aromatic N) is 2. The molecule has 2 heterocycles. The van der Waals surface area contributed by atoms with Crippen LogP contribution in [0, 0.1) is 25.7 Å². The molecule has 0 saturated carbocycles. The van der Waals surface area contributed by atoms with E-state index >= 15 is 0 Å². The maximum atomic E-state index is 12.6. The summed E-state index contributed by atoms with van der Waals surface area (Å²) in [6.07, 6.45) is 2.29. The number of piperidine rings is 1. The van der Waals surface area contributed by atoms with E-state index in [1.54, 1.807) is 0 Å². The number of amides is 1. The number of rotatable bonds is 4. The molecule has 1 aliphatic rings. The Morgan fingerprint density at radius 2 is 2.19 bits per heavy atom. The normalized spacial score (nSPS) is 22.1. The number of carbonyl (C=O) groups excluding carboxylic acids is 1. The smallest absolute Gasteiger partial charge is 0.225 e. The second-order valence-corrected chi connectivity index (χ2v) is 6.34. The molecule has 1 fully saturated rings. The van der Waals surface area contributed by atoms with E-state index in [1.165, 1.54) is 0 Å². The Kier molecular flexibility index (Phi) is 5.04. The summed E-state index contributed by atoms with van der Waals surface area (Å²) in [5.41, 5.74) is 1.91. The number of likely N-dealkylation sites (tertiary alicyclic amines) is 1. The van der Waals surface area contributed by atoms with Crippen LogP contribution in [0.4, 0.5) is 0 Å². The van der Waals surface area contributed by atoms with E-state index in [-0.39, 0.29) is 23.8 Å². The molecule has 1 aromatic rings. The monoisotopic (exact) mass is 294 g/mol. The summed E-state index contributed by atoms with van der Waals surface area (Å²) in [4.78, 5) is 14.5. The van der Waals surface area contributed by atoms with Crippen LogP contribution < -0.4 is 0 Å². The van der Waals surface area contributed by atoms with Gasteiger partial charge in [-0.05, 0) is 40.0 Å². The highest BCUT2D eigenvalue weighted by Gasteiger charge is 2.29. The minimum Gasteiger partial charge on any atom is -0.393 e. The molecule has 3 unspecified atom stereocenters. The molecule has 3 atom stereocenters. The number of aryl methyl sites for hydroxylation is 2. The second kappa shape index (κ2) is 6.60. The third-order valence-electron chi connectivity index (χ3n) is 4.56. The van der Waals surface area contributed by atoms with Crippen molar-refractivity contribution in [3.05, 3.63) is 17.0 Å². The maximum absolute atomic E-state index is 12.6. The number of hydrogen-bond donors (Lipinski definition) is 1. The topological polar surface area (TPSA) is 66.6 Å². The van der Waals surface area contributed by atoms with E-state index in [4.69, 9.17) is 4.52 Å².